The predicted molar refractivity (Wildman–Crippen MR) is 199 cm³/mol. The number of Topliss-reactive ketones (excluding diaryl/α,β-unsaturated/α-hetero) is 2. The molecule has 2 saturated heterocycles. The van der Waals surface area contributed by atoms with Crippen LogP contribution >= 0.6 is 24.4 Å². The molecule has 12 heteroatoms. The van der Waals surface area contributed by atoms with Crippen molar-refractivity contribution < 1.29 is 28.7 Å². The van der Waals surface area contributed by atoms with Crippen molar-refractivity contribution in [2.75, 3.05) is 37.1 Å². The van der Waals surface area contributed by atoms with Gasteiger partial charge in [-0.15, -0.1) is 0 Å². The highest BCUT2D eigenvalue weighted by Crippen LogP contribution is 2.33. The summed E-state index contributed by atoms with van der Waals surface area (Å²) in [6.07, 6.45) is 0. The zero-order valence-electron chi connectivity index (χ0n) is 27.0. The molecule has 0 saturated carbocycles. The lowest BCUT2D eigenvalue weighted by Gasteiger charge is -2.19. The Kier molecular flexibility index (Phi) is 9.93. The predicted octanol–water partition coefficient (Wildman–Crippen LogP) is 4.89. The van der Waals surface area contributed by atoms with Crippen LogP contribution in [-0.4, -0.2) is 60.7 Å². The summed E-state index contributed by atoms with van der Waals surface area (Å²) in [5, 5.41) is 6.61. The molecule has 6 rings (SSSR count). The molecule has 2 fully saturated rings. The molecule has 2 amide bonds. The maximum atomic E-state index is 13.5. The molecule has 4 aromatic carbocycles. The number of nitrogens with zero attached hydrogens (tertiary/aromatic N) is 2. The lowest BCUT2D eigenvalue weighted by atomic mass is 10.0. The van der Waals surface area contributed by atoms with Gasteiger partial charge < -0.3 is 20.1 Å². The summed E-state index contributed by atoms with van der Waals surface area (Å²) >= 11 is 11.5. The number of benzene rings is 4. The van der Waals surface area contributed by atoms with Gasteiger partial charge in [-0.05, 0) is 35.4 Å². The second kappa shape index (κ2) is 14.6. The molecule has 0 atom stereocenters. The van der Waals surface area contributed by atoms with E-state index in [4.69, 9.17) is 33.9 Å². The number of hydrogen-bond acceptors (Lipinski definition) is 10. The highest BCUT2D eigenvalue weighted by Gasteiger charge is 2.44. The fourth-order valence-corrected chi connectivity index (χ4v) is 6.45. The van der Waals surface area contributed by atoms with Crippen LogP contribution < -0.4 is 29.9 Å². The van der Waals surface area contributed by atoms with Gasteiger partial charge in [-0.1, -0.05) is 97.2 Å². The number of thiocarbonyl (C=S) groups is 2. The van der Waals surface area contributed by atoms with Crippen LogP contribution in [-0.2, 0) is 19.2 Å². The third kappa shape index (κ3) is 6.41. The molecule has 10 nitrogen and oxygen atoms in total. The van der Waals surface area contributed by atoms with Gasteiger partial charge in [-0.25, -0.2) is 0 Å². The van der Waals surface area contributed by atoms with E-state index in [-0.39, 0.29) is 34.2 Å². The second-order valence-electron chi connectivity index (χ2n) is 11.0. The summed E-state index contributed by atoms with van der Waals surface area (Å²) in [7, 11) is 3.02. The standard InChI is InChI=1S/C38H30N4O6S2/c1-47-27-17-9-15-25(21-27)41-35(45)33(43)29(37(41)49)31(23-11-5-3-6-12-23)39-19-20-40-32(24-13-7-4-8-14-24)30-34(44)36(46)42(38(30)50)26-16-10-18-28(22-26)48-2/h3-18,21-22,39-40H,19-20H2,1-2H3/b31-29+,32-30+. The van der Waals surface area contributed by atoms with Crippen molar-refractivity contribution in [2.45, 2.75) is 0 Å². The van der Waals surface area contributed by atoms with Gasteiger partial charge in [-0.2, -0.15) is 0 Å². The quantitative estimate of drug-likeness (QED) is 0.0969. The first kappa shape index (κ1) is 33.9. The zero-order chi connectivity index (χ0) is 35.4. The molecule has 0 spiro atoms. The summed E-state index contributed by atoms with van der Waals surface area (Å²) in [5.41, 5.74) is 2.98. The molecule has 0 aliphatic carbocycles. The average molecular weight is 703 g/mol. The Balaban J connectivity index is 1.31. The number of nitrogens with one attached hydrogen (secondary N) is 2. The van der Waals surface area contributed by atoms with Gasteiger partial charge in [0.25, 0.3) is 11.6 Å². The van der Waals surface area contributed by atoms with Crippen LogP contribution in [0.25, 0.3) is 11.4 Å². The van der Waals surface area contributed by atoms with Gasteiger partial charge in [0, 0.05) is 25.2 Å². The number of ketones is 2. The van der Waals surface area contributed by atoms with E-state index in [9.17, 15) is 19.2 Å². The largest absolute Gasteiger partial charge is 0.497 e. The first-order chi connectivity index (χ1) is 24.2. The average Bonchev–Trinajstić information content (AvgIpc) is 3.51. The van der Waals surface area contributed by atoms with Gasteiger partial charge >= 0.3 is 11.8 Å². The lowest BCUT2D eigenvalue weighted by molar-refractivity contribution is -0.132. The molecule has 4 aromatic rings. The Hall–Kier alpha value is -5.98. The molecule has 0 aromatic heterocycles. The van der Waals surface area contributed by atoms with E-state index < -0.39 is 23.4 Å². The van der Waals surface area contributed by atoms with Crippen molar-refractivity contribution in [3.05, 3.63) is 131 Å². The SMILES string of the molecule is COc1cccc(N2C(=O)C(=O)/C(=C(\NCCN/C(=C3\C(=O)C(=O)N(c4cccc(OC)c4)C3=S)c3ccccc3)c3ccccc3)C2=S)c1. The van der Waals surface area contributed by atoms with E-state index in [1.807, 2.05) is 60.7 Å². The van der Waals surface area contributed by atoms with Crippen LogP contribution in [0.1, 0.15) is 11.1 Å². The molecule has 0 unspecified atom stereocenters. The topological polar surface area (TPSA) is 117 Å². The third-order valence-electron chi connectivity index (χ3n) is 8.06. The number of anilines is 2. The van der Waals surface area contributed by atoms with Crippen molar-refractivity contribution in [1.29, 1.82) is 0 Å². The van der Waals surface area contributed by atoms with E-state index in [2.05, 4.69) is 10.6 Å². The molecular formula is C38H30N4O6S2. The Morgan fingerprint density at radius 3 is 1.30 bits per heavy atom. The maximum Gasteiger partial charge on any atom is 0.304 e. The summed E-state index contributed by atoms with van der Waals surface area (Å²) in [4.78, 5) is 56.2. The zero-order valence-corrected chi connectivity index (χ0v) is 28.6. The fourth-order valence-electron chi connectivity index (χ4n) is 5.68. The molecule has 50 heavy (non-hydrogen) atoms. The first-order valence-corrected chi connectivity index (χ1v) is 16.3. The molecular weight excluding hydrogens is 673 g/mol. The van der Waals surface area contributed by atoms with Crippen LogP contribution in [0, 0.1) is 0 Å². The monoisotopic (exact) mass is 702 g/mol. The molecule has 2 aliphatic rings. The lowest BCUT2D eigenvalue weighted by Crippen LogP contribution is -2.30. The van der Waals surface area contributed by atoms with Crippen LogP contribution in [0.2, 0.25) is 0 Å². The summed E-state index contributed by atoms with van der Waals surface area (Å²) in [6.45, 7) is 0.435. The minimum absolute atomic E-state index is 0.0534. The highest BCUT2D eigenvalue weighted by molar-refractivity contribution is 7.81. The second-order valence-corrected chi connectivity index (χ2v) is 11.8. The highest BCUT2D eigenvalue weighted by atomic mass is 32.1. The van der Waals surface area contributed by atoms with E-state index in [1.165, 1.54) is 24.0 Å². The maximum absolute atomic E-state index is 13.5. The smallest absolute Gasteiger partial charge is 0.304 e. The van der Waals surface area contributed by atoms with E-state index >= 15 is 0 Å². The van der Waals surface area contributed by atoms with Gasteiger partial charge in [0.15, 0.2) is 0 Å². The Labute approximate surface area is 299 Å². The third-order valence-corrected chi connectivity index (χ3v) is 8.83. The van der Waals surface area contributed by atoms with E-state index in [1.54, 1.807) is 48.5 Å². The number of carbonyl (C=O) groups is 4. The number of carbonyl (C=O) groups excluding carboxylic acids is 4. The van der Waals surface area contributed by atoms with Crippen LogP contribution in [0.4, 0.5) is 11.4 Å². The van der Waals surface area contributed by atoms with Gasteiger partial charge in [0.05, 0.1) is 48.1 Å². The normalized spacial score (nSPS) is 16.6. The van der Waals surface area contributed by atoms with E-state index in [0.29, 0.717) is 45.4 Å². The number of ether oxygens (including phenoxy) is 2. The fraction of sp³-hybridized carbons (Fsp3) is 0.105. The minimum atomic E-state index is -0.777. The van der Waals surface area contributed by atoms with Crippen molar-refractivity contribution in [1.82, 2.24) is 10.6 Å². The molecule has 2 N–H and O–H groups in total. The molecule has 2 heterocycles. The summed E-state index contributed by atoms with van der Waals surface area (Å²) in [6, 6.07) is 31.7. The van der Waals surface area contributed by atoms with Crippen molar-refractivity contribution >= 4 is 80.6 Å². The Morgan fingerprint density at radius 2 is 0.940 bits per heavy atom. The van der Waals surface area contributed by atoms with Crippen molar-refractivity contribution in [2.24, 2.45) is 0 Å². The summed E-state index contributed by atoms with van der Waals surface area (Å²) < 4.78 is 10.6. The molecule has 0 radical (unpaired) electrons. The summed E-state index contributed by atoms with van der Waals surface area (Å²) in [5.74, 6) is -2.04. The Bertz CT molecular complexity index is 1960. The van der Waals surface area contributed by atoms with Crippen LogP contribution in [0.5, 0.6) is 11.5 Å². The number of rotatable bonds is 11. The molecule has 0 bridgehead atoms. The van der Waals surface area contributed by atoms with Gasteiger partial charge in [0.1, 0.15) is 21.5 Å². The van der Waals surface area contributed by atoms with E-state index in [0.717, 1.165) is 0 Å². The van der Waals surface area contributed by atoms with Crippen molar-refractivity contribution in [3.63, 3.8) is 0 Å². The molecule has 2 aliphatic heterocycles. The van der Waals surface area contributed by atoms with Crippen molar-refractivity contribution in [3.8, 4) is 11.5 Å². The number of hydrogen-bond donors (Lipinski definition) is 2. The van der Waals surface area contributed by atoms with Crippen LogP contribution in [0.3, 0.4) is 0 Å². The molecule has 250 valence electrons. The van der Waals surface area contributed by atoms with Gasteiger partial charge in [0.2, 0.25) is 0 Å². The number of methoxy groups -OCH3 is 2. The Morgan fingerprint density at radius 1 is 0.560 bits per heavy atom. The first-order valence-electron chi connectivity index (χ1n) is 15.5. The van der Waals surface area contributed by atoms with Crippen LogP contribution in [0.15, 0.2) is 120 Å². The minimum Gasteiger partial charge on any atom is -0.497 e. The van der Waals surface area contributed by atoms with Gasteiger partial charge in [-0.3, -0.25) is 29.0 Å². The number of amides is 2.